The summed E-state index contributed by atoms with van der Waals surface area (Å²) in [5.41, 5.74) is 0.952. The Balaban J connectivity index is 1.27. The fourth-order valence-electron chi connectivity index (χ4n) is 3.63. The van der Waals surface area contributed by atoms with Gasteiger partial charge in [0.15, 0.2) is 0 Å². The number of anilines is 3. The lowest BCUT2D eigenvalue weighted by Gasteiger charge is -2.26. The van der Waals surface area contributed by atoms with E-state index < -0.39 is 18.5 Å². The number of alkyl halides is 2. The van der Waals surface area contributed by atoms with E-state index in [0.29, 0.717) is 42.8 Å². The second kappa shape index (κ2) is 10.8. The van der Waals surface area contributed by atoms with Crippen LogP contribution >= 0.6 is 0 Å². The van der Waals surface area contributed by atoms with Gasteiger partial charge in [0.1, 0.15) is 11.5 Å². The van der Waals surface area contributed by atoms with Gasteiger partial charge in [-0.25, -0.2) is 0 Å². The number of benzene rings is 2. The van der Waals surface area contributed by atoms with Crippen LogP contribution < -0.4 is 20.1 Å². The molecule has 0 aliphatic heterocycles. The number of carboxylic acid groups (broad SMARTS) is 1. The molecular formula is C23H22F2N4O6. The van der Waals surface area contributed by atoms with E-state index in [1.807, 2.05) is 0 Å². The lowest BCUT2D eigenvalue weighted by molar-refractivity contribution is -0.143. The minimum atomic E-state index is -2.92. The monoisotopic (exact) mass is 488 g/mol. The zero-order valence-electron chi connectivity index (χ0n) is 18.3. The summed E-state index contributed by atoms with van der Waals surface area (Å²) in [4.78, 5) is 23.5. The number of carbonyl (C=O) groups excluding carboxylic acids is 1. The normalized spacial score (nSPS) is 17.6. The van der Waals surface area contributed by atoms with E-state index in [-0.39, 0.29) is 29.7 Å². The van der Waals surface area contributed by atoms with Crippen LogP contribution in [-0.2, 0) is 4.79 Å². The maximum Gasteiger partial charge on any atom is 0.387 e. The second-order valence-corrected chi connectivity index (χ2v) is 7.85. The highest BCUT2D eigenvalue weighted by atomic mass is 19.3. The van der Waals surface area contributed by atoms with E-state index in [9.17, 15) is 18.4 Å². The third-order valence-electron chi connectivity index (χ3n) is 5.39. The van der Waals surface area contributed by atoms with Crippen LogP contribution in [0.4, 0.5) is 26.2 Å². The highest BCUT2D eigenvalue weighted by Gasteiger charge is 2.27. The van der Waals surface area contributed by atoms with E-state index >= 15 is 0 Å². The van der Waals surface area contributed by atoms with Crippen molar-refractivity contribution in [2.45, 2.75) is 38.4 Å². The van der Waals surface area contributed by atoms with Crippen LogP contribution in [0.1, 0.15) is 36.4 Å². The summed E-state index contributed by atoms with van der Waals surface area (Å²) in [5, 5.41) is 21.9. The molecule has 1 aliphatic rings. The van der Waals surface area contributed by atoms with Crippen LogP contribution in [0.15, 0.2) is 52.9 Å². The maximum absolute atomic E-state index is 12.4. The Morgan fingerprint density at radius 3 is 2.20 bits per heavy atom. The molecule has 3 aromatic rings. The zero-order valence-corrected chi connectivity index (χ0v) is 18.3. The second-order valence-electron chi connectivity index (χ2n) is 7.85. The summed E-state index contributed by atoms with van der Waals surface area (Å²) >= 11 is 0. The third-order valence-corrected chi connectivity index (χ3v) is 5.39. The van der Waals surface area contributed by atoms with Crippen molar-refractivity contribution >= 4 is 29.3 Å². The van der Waals surface area contributed by atoms with Crippen molar-refractivity contribution in [1.29, 1.82) is 0 Å². The van der Waals surface area contributed by atoms with E-state index in [0.717, 1.165) is 0 Å². The molecular weight excluding hydrogens is 466 g/mol. The number of hydrogen-bond donors (Lipinski definition) is 3. The van der Waals surface area contributed by atoms with Crippen LogP contribution in [0.25, 0.3) is 0 Å². The lowest BCUT2D eigenvalue weighted by atomic mass is 9.87. The molecule has 1 aliphatic carbocycles. The molecule has 184 valence electrons. The van der Waals surface area contributed by atoms with Crippen molar-refractivity contribution in [3.05, 3.63) is 54.4 Å². The van der Waals surface area contributed by atoms with Crippen molar-refractivity contribution in [2.24, 2.45) is 5.92 Å². The molecule has 0 saturated heterocycles. The summed E-state index contributed by atoms with van der Waals surface area (Å²) in [6, 6.07) is 12.3. The molecule has 1 aromatic heterocycles. The molecule has 1 amide bonds. The Labute approximate surface area is 198 Å². The third kappa shape index (κ3) is 6.65. The van der Waals surface area contributed by atoms with Gasteiger partial charge in [0, 0.05) is 11.4 Å². The number of aliphatic carboxylic acids is 1. The molecule has 10 nitrogen and oxygen atoms in total. The fourth-order valence-corrected chi connectivity index (χ4v) is 3.63. The molecule has 1 saturated carbocycles. The van der Waals surface area contributed by atoms with Gasteiger partial charge >= 0.3 is 30.4 Å². The minimum absolute atomic E-state index is 0.00173. The van der Waals surface area contributed by atoms with Crippen molar-refractivity contribution < 1.29 is 37.4 Å². The molecule has 0 unspecified atom stereocenters. The molecule has 0 spiro atoms. The van der Waals surface area contributed by atoms with Gasteiger partial charge in [-0.1, -0.05) is 5.10 Å². The molecule has 1 heterocycles. The van der Waals surface area contributed by atoms with Gasteiger partial charge in [0.05, 0.1) is 12.0 Å². The van der Waals surface area contributed by atoms with Gasteiger partial charge in [0.25, 0.3) is 0 Å². The topological polar surface area (TPSA) is 136 Å². The van der Waals surface area contributed by atoms with Gasteiger partial charge in [-0.05, 0) is 74.2 Å². The van der Waals surface area contributed by atoms with Crippen molar-refractivity contribution in [2.75, 3.05) is 10.6 Å². The standard InChI is InChI=1S/C23H22F2N4O6/c24-22(25)34-18-11-5-15(6-12-18)27-23-29-28-20(35-23)19(30)26-14-3-9-17(10-4-14)33-16-7-1-13(2-8-16)21(31)32/h3-6,9-13,16,22H,1-2,7-8H2,(H,26,30)(H,27,29)(H,31,32)/t13-,16-. The number of hydrogen-bond acceptors (Lipinski definition) is 8. The van der Waals surface area contributed by atoms with Gasteiger partial charge < -0.3 is 29.6 Å². The van der Waals surface area contributed by atoms with E-state index in [4.69, 9.17) is 14.3 Å². The molecule has 2 aromatic carbocycles. The maximum atomic E-state index is 12.4. The average Bonchev–Trinajstić information content (AvgIpc) is 3.30. The largest absolute Gasteiger partial charge is 0.490 e. The SMILES string of the molecule is O=C(Nc1ccc(O[C@H]2CC[C@H](C(=O)O)CC2)cc1)c1nnc(Nc2ccc(OC(F)F)cc2)o1. The Hall–Kier alpha value is -4.22. The quantitative estimate of drug-likeness (QED) is 0.392. The minimum Gasteiger partial charge on any atom is -0.490 e. The first kappa shape index (κ1) is 23.9. The summed E-state index contributed by atoms with van der Waals surface area (Å²) < 4.78 is 39.9. The number of amides is 1. The number of rotatable bonds is 9. The van der Waals surface area contributed by atoms with E-state index in [1.54, 1.807) is 24.3 Å². The molecule has 3 N–H and O–H groups in total. The summed E-state index contributed by atoms with van der Waals surface area (Å²) in [6.45, 7) is -2.92. The van der Waals surface area contributed by atoms with Crippen molar-refractivity contribution in [3.8, 4) is 11.5 Å². The Morgan fingerprint density at radius 1 is 0.943 bits per heavy atom. The number of nitrogens with one attached hydrogen (secondary N) is 2. The first-order valence-electron chi connectivity index (χ1n) is 10.8. The average molecular weight is 488 g/mol. The van der Waals surface area contributed by atoms with Gasteiger partial charge in [0.2, 0.25) is 0 Å². The first-order valence-corrected chi connectivity index (χ1v) is 10.8. The van der Waals surface area contributed by atoms with E-state index in [1.165, 1.54) is 24.3 Å². The Kier molecular flexibility index (Phi) is 7.38. The highest BCUT2D eigenvalue weighted by molar-refractivity contribution is 6.00. The summed E-state index contributed by atoms with van der Waals surface area (Å²) in [7, 11) is 0. The predicted octanol–water partition coefficient (Wildman–Crippen LogP) is 4.69. The van der Waals surface area contributed by atoms with Gasteiger partial charge in [-0.15, -0.1) is 5.10 Å². The van der Waals surface area contributed by atoms with Crippen LogP contribution in [-0.4, -0.2) is 39.9 Å². The lowest BCUT2D eigenvalue weighted by Crippen LogP contribution is -2.27. The Bertz CT molecular complexity index is 1150. The number of nitrogens with zero attached hydrogens (tertiary/aromatic N) is 2. The molecule has 35 heavy (non-hydrogen) atoms. The van der Waals surface area contributed by atoms with Crippen molar-refractivity contribution in [3.63, 3.8) is 0 Å². The summed E-state index contributed by atoms with van der Waals surface area (Å²) in [5.74, 6) is -1.34. The number of carboxylic acids is 1. The molecule has 0 bridgehead atoms. The fraction of sp³-hybridized carbons (Fsp3) is 0.304. The molecule has 1 fully saturated rings. The van der Waals surface area contributed by atoms with Crippen molar-refractivity contribution in [1.82, 2.24) is 10.2 Å². The van der Waals surface area contributed by atoms with Crippen LogP contribution in [0.3, 0.4) is 0 Å². The smallest absolute Gasteiger partial charge is 0.387 e. The highest BCUT2D eigenvalue weighted by Crippen LogP contribution is 2.28. The van der Waals surface area contributed by atoms with E-state index in [2.05, 4.69) is 25.6 Å². The zero-order chi connectivity index (χ0) is 24.8. The predicted molar refractivity (Wildman–Crippen MR) is 119 cm³/mol. The van der Waals surface area contributed by atoms with Gasteiger partial charge in [-0.3, -0.25) is 9.59 Å². The number of aromatic nitrogens is 2. The summed E-state index contributed by atoms with van der Waals surface area (Å²) in [6.07, 6.45) is 2.50. The molecule has 4 rings (SSSR count). The number of carbonyl (C=O) groups is 2. The Morgan fingerprint density at radius 2 is 1.57 bits per heavy atom. The van der Waals surface area contributed by atoms with Crippen LogP contribution in [0.5, 0.6) is 11.5 Å². The first-order chi connectivity index (χ1) is 16.9. The van der Waals surface area contributed by atoms with Crippen LogP contribution in [0.2, 0.25) is 0 Å². The molecule has 12 heteroatoms. The number of halogens is 2. The molecule has 0 atom stereocenters. The van der Waals surface area contributed by atoms with Crippen LogP contribution in [0, 0.1) is 5.92 Å². The van der Waals surface area contributed by atoms with Gasteiger partial charge in [-0.2, -0.15) is 8.78 Å². The molecule has 0 radical (unpaired) electrons. The number of ether oxygens (including phenoxy) is 2.